The van der Waals surface area contributed by atoms with Crippen LogP contribution in [-0.4, -0.2) is 15.7 Å². The molecule has 0 aliphatic rings. The molecule has 1 aromatic heterocycles. The standard InChI is InChI=1S/C32H27N3O/c1-24-16-18-26(19-17-24)32-28(23-35(34-32)29-13-6-3-7-14-29)20-21-31(36)33-30-15-9-8-12-27(30)22-25-10-4-2-5-11-25/h2-21,23H,22H2,1H3,(H,33,36)/b21-20+. The lowest BCUT2D eigenvalue weighted by molar-refractivity contribution is -0.111. The van der Waals surface area contributed by atoms with Gasteiger partial charge in [0.2, 0.25) is 5.91 Å². The molecule has 0 spiro atoms. The van der Waals surface area contributed by atoms with E-state index in [0.29, 0.717) is 0 Å². The van der Waals surface area contributed by atoms with Crippen molar-refractivity contribution in [3.63, 3.8) is 0 Å². The van der Waals surface area contributed by atoms with E-state index in [1.165, 1.54) is 11.1 Å². The molecule has 36 heavy (non-hydrogen) atoms. The van der Waals surface area contributed by atoms with E-state index in [0.717, 1.165) is 40.2 Å². The van der Waals surface area contributed by atoms with Gasteiger partial charge in [-0.05, 0) is 48.7 Å². The van der Waals surface area contributed by atoms with E-state index in [1.807, 2.05) is 89.8 Å². The summed E-state index contributed by atoms with van der Waals surface area (Å²) in [5.74, 6) is -0.183. The molecule has 1 amide bonds. The van der Waals surface area contributed by atoms with Crippen molar-refractivity contribution in [2.75, 3.05) is 5.32 Å². The van der Waals surface area contributed by atoms with E-state index in [2.05, 4.69) is 48.6 Å². The number of benzene rings is 4. The van der Waals surface area contributed by atoms with Gasteiger partial charge in [0.25, 0.3) is 0 Å². The highest BCUT2D eigenvalue weighted by Gasteiger charge is 2.11. The molecule has 0 aliphatic heterocycles. The Morgan fingerprint density at radius 1 is 0.833 bits per heavy atom. The molecule has 5 aromatic rings. The Morgan fingerprint density at radius 2 is 1.50 bits per heavy atom. The first kappa shape index (κ1) is 23.1. The summed E-state index contributed by atoms with van der Waals surface area (Å²) >= 11 is 0. The van der Waals surface area contributed by atoms with Crippen LogP contribution in [0.25, 0.3) is 23.0 Å². The van der Waals surface area contributed by atoms with E-state index in [4.69, 9.17) is 5.10 Å². The van der Waals surface area contributed by atoms with Crippen LogP contribution in [0.2, 0.25) is 0 Å². The second kappa shape index (κ2) is 10.7. The second-order valence-corrected chi connectivity index (χ2v) is 8.72. The number of nitrogens with one attached hydrogen (secondary N) is 1. The van der Waals surface area contributed by atoms with Crippen LogP contribution < -0.4 is 5.32 Å². The average molecular weight is 470 g/mol. The fraction of sp³-hybridized carbons (Fsp3) is 0.0625. The van der Waals surface area contributed by atoms with E-state index >= 15 is 0 Å². The largest absolute Gasteiger partial charge is 0.322 e. The first-order valence-corrected chi connectivity index (χ1v) is 12.0. The van der Waals surface area contributed by atoms with E-state index in [9.17, 15) is 4.79 Å². The normalized spacial score (nSPS) is 11.0. The number of nitrogens with zero attached hydrogens (tertiary/aromatic N) is 2. The zero-order valence-electron chi connectivity index (χ0n) is 20.1. The molecule has 0 aliphatic carbocycles. The third-order valence-corrected chi connectivity index (χ3v) is 6.02. The fourth-order valence-corrected chi connectivity index (χ4v) is 4.11. The van der Waals surface area contributed by atoms with Gasteiger partial charge in [-0.25, -0.2) is 4.68 Å². The minimum absolute atomic E-state index is 0.183. The van der Waals surface area contributed by atoms with Gasteiger partial charge in [-0.3, -0.25) is 4.79 Å². The van der Waals surface area contributed by atoms with Gasteiger partial charge in [0.05, 0.1) is 11.4 Å². The van der Waals surface area contributed by atoms with Crippen LogP contribution in [0.3, 0.4) is 0 Å². The Morgan fingerprint density at radius 3 is 2.25 bits per heavy atom. The summed E-state index contributed by atoms with van der Waals surface area (Å²) in [5, 5.41) is 7.89. The summed E-state index contributed by atoms with van der Waals surface area (Å²) in [5.41, 5.74) is 7.94. The smallest absolute Gasteiger partial charge is 0.248 e. The highest BCUT2D eigenvalue weighted by Crippen LogP contribution is 2.26. The molecule has 4 aromatic carbocycles. The van der Waals surface area contributed by atoms with Gasteiger partial charge in [0, 0.05) is 29.1 Å². The van der Waals surface area contributed by atoms with Crippen molar-refractivity contribution in [2.45, 2.75) is 13.3 Å². The summed E-state index contributed by atoms with van der Waals surface area (Å²) in [6, 6.07) is 36.4. The van der Waals surface area contributed by atoms with Crippen molar-refractivity contribution >= 4 is 17.7 Å². The third-order valence-electron chi connectivity index (χ3n) is 6.02. The molecule has 0 unspecified atom stereocenters. The van der Waals surface area contributed by atoms with Crippen molar-refractivity contribution in [3.05, 3.63) is 144 Å². The summed E-state index contributed by atoms with van der Waals surface area (Å²) in [4.78, 5) is 12.9. The monoisotopic (exact) mass is 469 g/mol. The number of carbonyl (C=O) groups is 1. The van der Waals surface area contributed by atoms with Gasteiger partial charge in [-0.1, -0.05) is 96.6 Å². The highest BCUT2D eigenvalue weighted by molar-refractivity contribution is 6.02. The van der Waals surface area contributed by atoms with Gasteiger partial charge in [0.15, 0.2) is 0 Å². The Balaban J connectivity index is 1.40. The van der Waals surface area contributed by atoms with Crippen LogP contribution in [0.1, 0.15) is 22.3 Å². The van der Waals surface area contributed by atoms with Gasteiger partial charge >= 0.3 is 0 Å². The van der Waals surface area contributed by atoms with E-state index < -0.39 is 0 Å². The zero-order chi connectivity index (χ0) is 24.7. The highest BCUT2D eigenvalue weighted by atomic mass is 16.1. The van der Waals surface area contributed by atoms with Crippen LogP contribution in [0, 0.1) is 6.92 Å². The molecule has 0 radical (unpaired) electrons. The first-order chi connectivity index (χ1) is 17.7. The maximum Gasteiger partial charge on any atom is 0.248 e. The number of carbonyl (C=O) groups excluding carboxylic acids is 1. The molecule has 4 nitrogen and oxygen atoms in total. The molecule has 0 saturated carbocycles. The molecule has 0 bridgehead atoms. The summed E-state index contributed by atoms with van der Waals surface area (Å²) < 4.78 is 1.85. The Kier molecular flexibility index (Phi) is 6.86. The number of rotatable bonds is 7. The number of hydrogen-bond donors (Lipinski definition) is 1. The number of aromatic nitrogens is 2. The molecule has 0 saturated heterocycles. The molecule has 1 heterocycles. The summed E-state index contributed by atoms with van der Waals surface area (Å²) in [6.07, 6.45) is 6.11. The van der Waals surface area contributed by atoms with Crippen LogP contribution in [0.15, 0.2) is 121 Å². The lowest BCUT2D eigenvalue weighted by atomic mass is 10.0. The molecular weight excluding hydrogens is 442 g/mol. The van der Waals surface area contributed by atoms with Crippen LogP contribution >= 0.6 is 0 Å². The molecule has 5 rings (SSSR count). The molecule has 176 valence electrons. The zero-order valence-corrected chi connectivity index (χ0v) is 20.1. The summed E-state index contributed by atoms with van der Waals surface area (Å²) in [6.45, 7) is 2.06. The van der Waals surface area contributed by atoms with Crippen molar-refractivity contribution in [2.24, 2.45) is 0 Å². The number of para-hydroxylation sites is 2. The number of amides is 1. The average Bonchev–Trinajstić information content (AvgIpc) is 3.34. The molecular formula is C32H27N3O. The molecule has 0 atom stereocenters. The number of anilines is 1. The Hall–Kier alpha value is -4.70. The first-order valence-electron chi connectivity index (χ1n) is 12.0. The summed E-state index contributed by atoms with van der Waals surface area (Å²) in [7, 11) is 0. The maximum atomic E-state index is 12.9. The predicted octanol–water partition coefficient (Wildman–Crippen LogP) is 7.09. The topological polar surface area (TPSA) is 46.9 Å². The molecule has 0 fully saturated rings. The fourth-order valence-electron chi connectivity index (χ4n) is 4.11. The lowest BCUT2D eigenvalue weighted by Gasteiger charge is -2.10. The van der Waals surface area contributed by atoms with Crippen molar-refractivity contribution < 1.29 is 4.79 Å². The van der Waals surface area contributed by atoms with Gasteiger partial charge < -0.3 is 5.32 Å². The maximum absolute atomic E-state index is 12.9. The van der Waals surface area contributed by atoms with Gasteiger partial charge in [0.1, 0.15) is 0 Å². The number of hydrogen-bond acceptors (Lipinski definition) is 2. The molecule has 4 heteroatoms. The van der Waals surface area contributed by atoms with E-state index in [-0.39, 0.29) is 5.91 Å². The van der Waals surface area contributed by atoms with E-state index in [1.54, 1.807) is 6.08 Å². The Bertz CT molecular complexity index is 1480. The predicted molar refractivity (Wildman–Crippen MR) is 147 cm³/mol. The van der Waals surface area contributed by atoms with Crippen LogP contribution in [-0.2, 0) is 11.2 Å². The van der Waals surface area contributed by atoms with Crippen molar-refractivity contribution in [1.82, 2.24) is 9.78 Å². The lowest BCUT2D eigenvalue weighted by Crippen LogP contribution is -2.10. The van der Waals surface area contributed by atoms with Crippen molar-refractivity contribution in [3.8, 4) is 16.9 Å². The quantitative estimate of drug-likeness (QED) is 0.259. The number of aryl methyl sites for hydroxylation is 1. The SMILES string of the molecule is Cc1ccc(-c2nn(-c3ccccc3)cc2/C=C/C(=O)Nc2ccccc2Cc2ccccc2)cc1. The van der Waals surface area contributed by atoms with Gasteiger partial charge in [-0.2, -0.15) is 5.10 Å². The Labute approximate surface area is 211 Å². The minimum Gasteiger partial charge on any atom is -0.322 e. The third kappa shape index (κ3) is 5.50. The minimum atomic E-state index is -0.183. The van der Waals surface area contributed by atoms with Crippen LogP contribution in [0.5, 0.6) is 0 Å². The van der Waals surface area contributed by atoms with Crippen molar-refractivity contribution in [1.29, 1.82) is 0 Å². The van der Waals surface area contributed by atoms with Crippen LogP contribution in [0.4, 0.5) is 5.69 Å². The second-order valence-electron chi connectivity index (χ2n) is 8.72. The van der Waals surface area contributed by atoms with Gasteiger partial charge in [-0.15, -0.1) is 0 Å². The molecule has 1 N–H and O–H groups in total.